The monoisotopic (exact) mass is 230 g/mol. The molecule has 0 amide bonds. The molecule has 92 valence electrons. The number of hydrogen-bond donors (Lipinski definition) is 1. The van der Waals surface area contributed by atoms with Gasteiger partial charge in [0.1, 0.15) is 0 Å². The number of fused-ring (bicyclic) bond motifs is 1. The number of benzene rings is 1. The van der Waals surface area contributed by atoms with E-state index in [9.17, 15) is 0 Å². The van der Waals surface area contributed by atoms with E-state index < -0.39 is 0 Å². The fourth-order valence-corrected chi connectivity index (χ4v) is 3.37. The van der Waals surface area contributed by atoms with Crippen molar-refractivity contribution in [2.45, 2.75) is 31.7 Å². The van der Waals surface area contributed by atoms with Gasteiger partial charge in [-0.05, 0) is 56.8 Å². The maximum atomic E-state index is 3.34. The maximum Gasteiger partial charge on any atom is 0.0401 e. The van der Waals surface area contributed by atoms with Crippen molar-refractivity contribution in [2.75, 3.05) is 25.0 Å². The van der Waals surface area contributed by atoms with E-state index in [1.807, 2.05) is 0 Å². The molecule has 1 aromatic rings. The number of anilines is 1. The van der Waals surface area contributed by atoms with Crippen LogP contribution in [-0.2, 0) is 6.42 Å². The summed E-state index contributed by atoms with van der Waals surface area (Å²) in [6.07, 6.45) is 5.35. The maximum absolute atomic E-state index is 3.34. The molecule has 0 aromatic heterocycles. The molecule has 2 unspecified atom stereocenters. The number of para-hydroxylation sites is 1. The van der Waals surface area contributed by atoms with Crippen LogP contribution in [-0.4, -0.2) is 26.2 Å². The first-order chi connectivity index (χ1) is 8.40. The highest BCUT2D eigenvalue weighted by Gasteiger charge is 2.36. The zero-order valence-corrected chi connectivity index (χ0v) is 10.7. The van der Waals surface area contributed by atoms with Gasteiger partial charge in [0.05, 0.1) is 0 Å². The van der Waals surface area contributed by atoms with E-state index in [1.165, 1.54) is 44.5 Å². The Morgan fingerprint density at radius 3 is 2.94 bits per heavy atom. The van der Waals surface area contributed by atoms with Gasteiger partial charge in [-0.2, -0.15) is 0 Å². The van der Waals surface area contributed by atoms with Crippen LogP contribution in [0.1, 0.15) is 24.8 Å². The molecule has 1 saturated carbocycles. The fraction of sp³-hybridized carbons (Fsp3) is 0.600. The molecule has 1 aliphatic heterocycles. The number of nitrogens with one attached hydrogen (secondary N) is 1. The van der Waals surface area contributed by atoms with Gasteiger partial charge >= 0.3 is 0 Å². The van der Waals surface area contributed by atoms with Crippen LogP contribution in [0, 0.1) is 5.92 Å². The van der Waals surface area contributed by atoms with E-state index in [0.29, 0.717) is 0 Å². The molecule has 2 atom stereocenters. The van der Waals surface area contributed by atoms with Crippen LogP contribution in [0.15, 0.2) is 24.3 Å². The average molecular weight is 230 g/mol. The van der Waals surface area contributed by atoms with Crippen molar-refractivity contribution in [3.8, 4) is 0 Å². The van der Waals surface area contributed by atoms with E-state index in [1.54, 1.807) is 5.56 Å². The summed E-state index contributed by atoms with van der Waals surface area (Å²) in [5.74, 6) is 0.853. The molecular weight excluding hydrogens is 208 g/mol. The van der Waals surface area contributed by atoms with Crippen molar-refractivity contribution in [2.24, 2.45) is 5.92 Å². The molecule has 3 rings (SSSR count). The highest BCUT2D eigenvalue weighted by atomic mass is 15.2. The third-order valence-electron chi connectivity index (χ3n) is 4.39. The third-order valence-corrected chi connectivity index (χ3v) is 4.39. The Labute approximate surface area is 104 Å². The topological polar surface area (TPSA) is 15.3 Å². The van der Waals surface area contributed by atoms with Crippen molar-refractivity contribution in [1.82, 2.24) is 5.32 Å². The zero-order chi connectivity index (χ0) is 11.7. The molecule has 0 radical (unpaired) electrons. The van der Waals surface area contributed by atoms with Crippen molar-refractivity contribution >= 4 is 5.69 Å². The van der Waals surface area contributed by atoms with Gasteiger partial charge in [0.15, 0.2) is 0 Å². The van der Waals surface area contributed by atoms with E-state index in [2.05, 4.69) is 41.5 Å². The molecule has 2 heteroatoms. The summed E-state index contributed by atoms with van der Waals surface area (Å²) in [4.78, 5) is 2.67. The normalized spacial score (nSPS) is 27.5. The smallest absolute Gasteiger partial charge is 0.0401 e. The number of hydrogen-bond acceptors (Lipinski definition) is 2. The highest BCUT2D eigenvalue weighted by molar-refractivity contribution is 5.56. The van der Waals surface area contributed by atoms with Crippen LogP contribution in [0.5, 0.6) is 0 Å². The molecule has 1 N–H and O–H groups in total. The summed E-state index contributed by atoms with van der Waals surface area (Å²) >= 11 is 0. The van der Waals surface area contributed by atoms with Crippen LogP contribution in [0.25, 0.3) is 0 Å². The molecule has 17 heavy (non-hydrogen) atoms. The van der Waals surface area contributed by atoms with Crippen LogP contribution in [0.2, 0.25) is 0 Å². The lowest BCUT2D eigenvalue weighted by molar-refractivity contribution is 0.235. The van der Waals surface area contributed by atoms with Crippen molar-refractivity contribution in [1.29, 1.82) is 0 Å². The quantitative estimate of drug-likeness (QED) is 0.858. The zero-order valence-electron chi connectivity index (χ0n) is 10.7. The number of nitrogens with zero attached hydrogens (tertiary/aromatic N) is 1. The van der Waals surface area contributed by atoms with Gasteiger partial charge in [0.25, 0.3) is 0 Å². The van der Waals surface area contributed by atoms with Crippen LogP contribution in [0.4, 0.5) is 5.69 Å². The summed E-state index contributed by atoms with van der Waals surface area (Å²) in [5.41, 5.74) is 3.05. The van der Waals surface area contributed by atoms with Crippen LogP contribution < -0.4 is 10.2 Å². The Hall–Kier alpha value is -1.02. The minimum absolute atomic E-state index is 0.781. The molecule has 0 bridgehead atoms. The Kier molecular flexibility index (Phi) is 3.06. The molecule has 1 fully saturated rings. The lowest BCUT2D eigenvalue weighted by Crippen LogP contribution is -2.52. The minimum Gasteiger partial charge on any atom is -0.368 e. The summed E-state index contributed by atoms with van der Waals surface area (Å²) in [7, 11) is 2.07. The Bertz CT molecular complexity index is 388. The second-order valence-corrected chi connectivity index (χ2v) is 5.39. The first-order valence-corrected chi connectivity index (χ1v) is 6.89. The highest BCUT2D eigenvalue weighted by Crippen LogP contribution is 2.38. The molecule has 2 aliphatic rings. The Morgan fingerprint density at radius 1 is 1.29 bits per heavy atom. The van der Waals surface area contributed by atoms with E-state index in [-0.39, 0.29) is 0 Å². The number of rotatable bonds is 3. The lowest BCUT2D eigenvalue weighted by atomic mass is 9.77. The molecule has 2 nitrogen and oxygen atoms in total. The van der Waals surface area contributed by atoms with Gasteiger partial charge in [0, 0.05) is 18.3 Å². The first kappa shape index (κ1) is 11.1. The number of aryl methyl sites for hydroxylation is 1. The molecule has 0 spiro atoms. The first-order valence-electron chi connectivity index (χ1n) is 6.89. The summed E-state index contributed by atoms with van der Waals surface area (Å²) in [5, 5.41) is 3.34. The third kappa shape index (κ3) is 1.95. The predicted octanol–water partition coefficient (Wildman–Crippen LogP) is 2.44. The largest absolute Gasteiger partial charge is 0.368 e. The predicted molar refractivity (Wildman–Crippen MR) is 72.5 cm³/mol. The second kappa shape index (κ2) is 4.69. The second-order valence-electron chi connectivity index (χ2n) is 5.39. The van der Waals surface area contributed by atoms with Crippen molar-refractivity contribution in [3.63, 3.8) is 0 Å². The Morgan fingerprint density at radius 2 is 2.18 bits per heavy atom. The van der Waals surface area contributed by atoms with Crippen molar-refractivity contribution in [3.05, 3.63) is 29.8 Å². The molecule has 1 aliphatic carbocycles. The van der Waals surface area contributed by atoms with Gasteiger partial charge in [-0.3, -0.25) is 0 Å². The van der Waals surface area contributed by atoms with Gasteiger partial charge in [-0.1, -0.05) is 18.2 Å². The van der Waals surface area contributed by atoms with Crippen LogP contribution in [0.3, 0.4) is 0 Å². The standard InChI is InChI=1S/C15H22N2/c1-16-11-13-8-9-15(13)17-10-4-6-12-5-2-3-7-14(12)17/h2-3,5,7,13,15-16H,4,6,8-11H2,1H3. The van der Waals surface area contributed by atoms with Gasteiger partial charge < -0.3 is 10.2 Å². The fourth-order valence-electron chi connectivity index (χ4n) is 3.37. The molecule has 0 saturated heterocycles. The van der Waals surface area contributed by atoms with E-state index >= 15 is 0 Å². The van der Waals surface area contributed by atoms with Gasteiger partial charge in [-0.15, -0.1) is 0 Å². The SMILES string of the molecule is CNCC1CCC1N1CCCc2ccccc21. The minimum atomic E-state index is 0.781. The van der Waals surface area contributed by atoms with Gasteiger partial charge in [0.2, 0.25) is 0 Å². The van der Waals surface area contributed by atoms with E-state index in [4.69, 9.17) is 0 Å². The van der Waals surface area contributed by atoms with Crippen molar-refractivity contribution < 1.29 is 0 Å². The average Bonchev–Trinajstić information content (AvgIpc) is 2.35. The lowest BCUT2D eigenvalue weighted by Gasteiger charge is -2.47. The van der Waals surface area contributed by atoms with Gasteiger partial charge in [-0.25, -0.2) is 0 Å². The molecular formula is C15H22N2. The Balaban J connectivity index is 1.81. The molecule has 1 heterocycles. The molecule has 1 aromatic carbocycles. The summed E-state index contributed by atoms with van der Waals surface area (Å²) in [6, 6.07) is 9.75. The summed E-state index contributed by atoms with van der Waals surface area (Å²) < 4.78 is 0. The van der Waals surface area contributed by atoms with Crippen LogP contribution >= 0.6 is 0 Å². The summed E-state index contributed by atoms with van der Waals surface area (Å²) in [6.45, 7) is 2.42. The van der Waals surface area contributed by atoms with E-state index in [0.717, 1.165) is 12.0 Å².